The smallest absolute Gasteiger partial charge is 0.267 e. The third-order valence-corrected chi connectivity index (χ3v) is 5.94. The fraction of sp³-hybridized carbons (Fsp3) is 0.0526. The molecule has 7 nitrogen and oxygen atoms in total. The second-order valence-corrected chi connectivity index (χ2v) is 8.39. The quantitative estimate of drug-likeness (QED) is 0.449. The molecule has 0 unspecified atom stereocenters. The van der Waals surface area contributed by atoms with E-state index in [1.54, 1.807) is 0 Å². The van der Waals surface area contributed by atoms with E-state index < -0.39 is 43.6 Å². The first kappa shape index (κ1) is 20.9. The van der Waals surface area contributed by atoms with Crippen LogP contribution in [-0.4, -0.2) is 30.5 Å². The highest BCUT2D eigenvalue weighted by Gasteiger charge is 2.25. The highest BCUT2D eigenvalue weighted by Crippen LogP contribution is 2.34. The molecule has 0 spiro atoms. The Kier molecular flexibility index (Phi) is 5.23. The molecule has 0 aliphatic rings. The zero-order valence-electron chi connectivity index (χ0n) is 15.6. The summed E-state index contributed by atoms with van der Waals surface area (Å²) < 4.78 is 76.5. The number of halogens is 4. The van der Waals surface area contributed by atoms with Gasteiger partial charge in [-0.1, -0.05) is 11.6 Å². The summed E-state index contributed by atoms with van der Waals surface area (Å²) in [5.41, 5.74) is -1.11. The molecule has 0 saturated carbocycles. The standard InChI is InChI=1S/C19H12ClF3N4O3S/c1-30-19-15(6-10(20)7-24-19)31(28,29)27-13-3-2-11(21)16(17(13)23)9-4-12(22)18-14(5-9)25-8-26-18/h2-8,27H,1H3,(H,25,26). The predicted octanol–water partition coefficient (Wildman–Crippen LogP) is 4.51. The van der Waals surface area contributed by atoms with E-state index in [0.717, 1.165) is 24.3 Å². The number of anilines is 1. The summed E-state index contributed by atoms with van der Waals surface area (Å²) in [4.78, 5) is 9.76. The van der Waals surface area contributed by atoms with E-state index in [4.69, 9.17) is 16.3 Å². The zero-order chi connectivity index (χ0) is 22.3. The van der Waals surface area contributed by atoms with Crippen molar-refractivity contribution in [3.63, 3.8) is 0 Å². The van der Waals surface area contributed by atoms with Gasteiger partial charge in [0.2, 0.25) is 5.88 Å². The largest absolute Gasteiger partial charge is 0.480 e. The number of nitrogens with one attached hydrogen (secondary N) is 2. The van der Waals surface area contributed by atoms with Crippen LogP contribution >= 0.6 is 11.6 Å². The van der Waals surface area contributed by atoms with Gasteiger partial charge in [0.25, 0.3) is 10.0 Å². The summed E-state index contributed by atoms with van der Waals surface area (Å²) in [6.07, 6.45) is 2.41. The van der Waals surface area contributed by atoms with E-state index in [1.165, 1.54) is 25.7 Å². The van der Waals surface area contributed by atoms with Crippen LogP contribution in [0.5, 0.6) is 5.88 Å². The number of imidazole rings is 1. The second kappa shape index (κ2) is 7.75. The van der Waals surface area contributed by atoms with Gasteiger partial charge in [-0.15, -0.1) is 0 Å². The maximum atomic E-state index is 15.2. The topological polar surface area (TPSA) is 97.0 Å². The number of benzene rings is 2. The van der Waals surface area contributed by atoms with Crippen LogP contribution in [0.15, 0.2) is 47.8 Å². The molecule has 2 N–H and O–H groups in total. The number of nitrogens with zero attached hydrogens (tertiary/aromatic N) is 2. The van der Waals surface area contributed by atoms with Crippen LogP contribution in [0.1, 0.15) is 0 Å². The maximum absolute atomic E-state index is 15.2. The van der Waals surface area contributed by atoms with Crippen LogP contribution in [0.4, 0.5) is 18.9 Å². The van der Waals surface area contributed by atoms with Gasteiger partial charge in [0, 0.05) is 6.20 Å². The van der Waals surface area contributed by atoms with Crippen molar-refractivity contribution in [2.45, 2.75) is 4.90 Å². The fourth-order valence-corrected chi connectivity index (χ4v) is 4.43. The van der Waals surface area contributed by atoms with Crippen molar-refractivity contribution < 1.29 is 26.3 Å². The van der Waals surface area contributed by atoms with Crippen LogP contribution in [-0.2, 0) is 10.0 Å². The van der Waals surface area contributed by atoms with Crippen molar-refractivity contribution in [2.24, 2.45) is 0 Å². The molecule has 0 aliphatic heterocycles. The molecule has 0 bridgehead atoms. The minimum Gasteiger partial charge on any atom is -0.480 e. The average molecular weight is 469 g/mol. The van der Waals surface area contributed by atoms with E-state index in [0.29, 0.717) is 0 Å². The van der Waals surface area contributed by atoms with Gasteiger partial charge < -0.3 is 9.72 Å². The number of ether oxygens (including phenoxy) is 1. The number of methoxy groups -OCH3 is 1. The summed E-state index contributed by atoms with van der Waals surface area (Å²) >= 11 is 5.82. The zero-order valence-corrected chi connectivity index (χ0v) is 17.2. The lowest BCUT2D eigenvalue weighted by Crippen LogP contribution is -2.16. The normalized spacial score (nSPS) is 11.6. The van der Waals surface area contributed by atoms with Crippen molar-refractivity contribution in [3.8, 4) is 17.0 Å². The molecule has 31 heavy (non-hydrogen) atoms. The van der Waals surface area contributed by atoms with Crippen molar-refractivity contribution in [1.82, 2.24) is 15.0 Å². The van der Waals surface area contributed by atoms with Gasteiger partial charge in [0.05, 0.1) is 35.2 Å². The van der Waals surface area contributed by atoms with Gasteiger partial charge in [-0.05, 0) is 35.9 Å². The van der Waals surface area contributed by atoms with Gasteiger partial charge in [-0.3, -0.25) is 4.72 Å². The summed E-state index contributed by atoms with van der Waals surface area (Å²) in [6, 6.07) is 5.04. The lowest BCUT2D eigenvalue weighted by Gasteiger charge is -2.14. The predicted molar refractivity (Wildman–Crippen MR) is 108 cm³/mol. The molecule has 2 aromatic heterocycles. The highest BCUT2D eigenvalue weighted by atomic mass is 35.5. The van der Waals surface area contributed by atoms with Crippen molar-refractivity contribution in [1.29, 1.82) is 0 Å². The minimum atomic E-state index is -4.42. The number of fused-ring (bicyclic) bond motifs is 1. The van der Waals surface area contributed by atoms with Crippen LogP contribution in [0.25, 0.3) is 22.2 Å². The summed E-state index contributed by atoms with van der Waals surface area (Å²) in [5.74, 6) is -3.32. The fourth-order valence-electron chi connectivity index (χ4n) is 3.00. The molecule has 0 amide bonds. The third-order valence-electron chi connectivity index (χ3n) is 4.37. The van der Waals surface area contributed by atoms with E-state index in [-0.39, 0.29) is 27.5 Å². The van der Waals surface area contributed by atoms with Crippen LogP contribution in [0, 0.1) is 17.5 Å². The number of pyridine rings is 1. The minimum absolute atomic E-state index is 0.00183. The maximum Gasteiger partial charge on any atom is 0.267 e. The Labute approximate surface area is 178 Å². The lowest BCUT2D eigenvalue weighted by molar-refractivity contribution is 0.385. The first-order chi connectivity index (χ1) is 14.7. The molecular weight excluding hydrogens is 457 g/mol. The van der Waals surface area contributed by atoms with E-state index in [9.17, 15) is 17.2 Å². The summed E-state index contributed by atoms with van der Waals surface area (Å²) in [6.45, 7) is 0. The lowest BCUT2D eigenvalue weighted by atomic mass is 10.0. The molecule has 0 atom stereocenters. The van der Waals surface area contributed by atoms with Crippen LogP contribution in [0.2, 0.25) is 5.02 Å². The number of rotatable bonds is 5. The first-order valence-electron chi connectivity index (χ1n) is 8.54. The van der Waals surface area contributed by atoms with Gasteiger partial charge >= 0.3 is 0 Å². The Morgan fingerprint density at radius 3 is 2.61 bits per heavy atom. The van der Waals surface area contributed by atoms with E-state index >= 15 is 4.39 Å². The van der Waals surface area contributed by atoms with Gasteiger partial charge in [-0.2, -0.15) is 0 Å². The SMILES string of the molecule is COc1ncc(Cl)cc1S(=O)(=O)Nc1ccc(F)c(-c2cc(F)c3nc[nH]c3c2)c1F. The number of hydrogen-bond donors (Lipinski definition) is 2. The molecular formula is C19H12ClF3N4O3S. The Balaban J connectivity index is 1.82. The molecule has 2 aromatic carbocycles. The number of aromatic nitrogens is 3. The summed E-state index contributed by atoms with van der Waals surface area (Å²) in [5, 5.41) is 0.00442. The van der Waals surface area contributed by atoms with Crippen molar-refractivity contribution in [3.05, 3.63) is 65.3 Å². The number of sulfonamides is 1. The highest BCUT2D eigenvalue weighted by molar-refractivity contribution is 7.92. The van der Waals surface area contributed by atoms with E-state index in [2.05, 4.69) is 15.0 Å². The second-order valence-electron chi connectivity index (χ2n) is 6.31. The van der Waals surface area contributed by atoms with Gasteiger partial charge in [0.15, 0.2) is 16.5 Å². The van der Waals surface area contributed by atoms with Crippen LogP contribution < -0.4 is 9.46 Å². The number of H-pyrrole nitrogens is 1. The Bertz CT molecular complexity index is 1430. The average Bonchev–Trinajstić information content (AvgIpc) is 3.19. The monoisotopic (exact) mass is 468 g/mol. The molecule has 0 saturated heterocycles. The van der Waals surface area contributed by atoms with Crippen molar-refractivity contribution in [2.75, 3.05) is 11.8 Å². The molecule has 0 radical (unpaired) electrons. The molecule has 2 heterocycles. The van der Waals surface area contributed by atoms with Crippen LogP contribution in [0.3, 0.4) is 0 Å². The molecule has 4 rings (SSSR count). The summed E-state index contributed by atoms with van der Waals surface area (Å²) in [7, 11) is -3.22. The Hall–Kier alpha value is -3.31. The third kappa shape index (κ3) is 3.77. The van der Waals surface area contributed by atoms with Gasteiger partial charge in [-0.25, -0.2) is 31.6 Å². The molecule has 0 fully saturated rings. The van der Waals surface area contributed by atoms with Gasteiger partial charge in [0.1, 0.15) is 11.3 Å². The first-order valence-corrected chi connectivity index (χ1v) is 10.4. The van der Waals surface area contributed by atoms with Crippen molar-refractivity contribution >= 4 is 38.3 Å². The molecule has 160 valence electrons. The molecule has 4 aromatic rings. The molecule has 0 aliphatic carbocycles. The number of hydrogen-bond acceptors (Lipinski definition) is 5. The molecule has 12 heteroatoms. The Morgan fingerprint density at radius 1 is 1.10 bits per heavy atom. The Morgan fingerprint density at radius 2 is 1.87 bits per heavy atom. The van der Waals surface area contributed by atoms with E-state index in [1.807, 2.05) is 4.72 Å². The number of aromatic amines is 1.